The van der Waals surface area contributed by atoms with Crippen molar-refractivity contribution in [3.8, 4) is 0 Å². The molecule has 0 aliphatic carbocycles. The molecule has 0 bridgehead atoms. The van der Waals surface area contributed by atoms with E-state index in [-0.39, 0.29) is 12.2 Å². The topological polar surface area (TPSA) is 37.3 Å². The molecule has 0 unspecified atom stereocenters. The molecule has 0 saturated heterocycles. The Hall–Kier alpha value is -0.900. The molecule has 0 radical (unpaired) electrons. The van der Waals surface area contributed by atoms with Crippen LogP contribution in [0.15, 0.2) is 16.6 Å². The van der Waals surface area contributed by atoms with Crippen molar-refractivity contribution in [2.24, 2.45) is 0 Å². The van der Waals surface area contributed by atoms with Crippen LogP contribution in [0, 0.1) is 5.82 Å². The lowest BCUT2D eigenvalue weighted by molar-refractivity contribution is -0.136. The summed E-state index contributed by atoms with van der Waals surface area (Å²) in [5, 5.41) is 8.58. The first kappa shape index (κ1) is 11.2. The number of halogens is 2. The van der Waals surface area contributed by atoms with Crippen molar-refractivity contribution in [1.82, 2.24) is 0 Å². The average molecular weight is 261 g/mol. The molecule has 0 atom stereocenters. The SMILES string of the molecule is CCc1cc(CC(=O)O)cc(Br)c1F. The molecule has 0 heterocycles. The summed E-state index contributed by atoms with van der Waals surface area (Å²) >= 11 is 3.06. The van der Waals surface area contributed by atoms with Crippen LogP contribution in [0.2, 0.25) is 0 Å². The highest BCUT2D eigenvalue weighted by molar-refractivity contribution is 9.10. The molecule has 0 amide bonds. The van der Waals surface area contributed by atoms with Gasteiger partial charge < -0.3 is 5.11 Å². The van der Waals surface area contributed by atoms with E-state index < -0.39 is 5.97 Å². The zero-order valence-corrected chi connectivity index (χ0v) is 9.27. The molecule has 0 aliphatic heterocycles. The smallest absolute Gasteiger partial charge is 0.307 e. The lowest BCUT2D eigenvalue weighted by Crippen LogP contribution is -2.02. The minimum Gasteiger partial charge on any atom is -0.481 e. The van der Waals surface area contributed by atoms with Gasteiger partial charge in [0.15, 0.2) is 0 Å². The van der Waals surface area contributed by atoms with Gasteiger partial charge in [-0.25, -0.2) is 4.39 Å². The predicted molar refractivity (Wildman–Crippen MR) is 54.8 cm³/mol. The Kier molecular flexibility index (Phi) is 3.63. The molecule has 2 nitrogen and oxygen atoms in total. The monoisotopic (exact) mass is 260 g/mol. The van der Waals surface area contributed by atoms with Crippen LogP contribution in [0.25, 0.3) is 0 Å². The Morgan fingerprint density at radius 3 is 2.71 bits per heavy atom. The van der Waals surface area contributed by atoms with Gasteiger partial charge in [0.2, 0.25) is 0 Å². The fourth-order valence-electron chi connectivity index (χ4n) is 1.24. The van der Waals surface area contributed by atoms with Gasteiger partial charge in [-0.3, -0.25) is 4.79 Å². The van der Waals surface area contributed by atoms with Crippen LogP contribution in [0.3, 0.4) is 0 Å². The first-order valence-electron chi connectivity index (χ1n) is 4.23. The number of benzene rings is 1. The van der Waals surface area contributed by atoms with Crippen LogP contribution in [-0.4, -0.2) is 11.1 Å². The third kappa shape index (κ3) is 2.54. The number of aryl methyl sites for hydroxylation is 1. The van der Waals surface area contributed by atoms with Gasteiger partial charge in [0.1, 0.15) is 5.82 Å². The van der Waals surface area contributed by atoms with Crippen molar-refractivity contribution in [3.05, 3.63) is 33.5 Å². The van der Waals surface area contributed by atoms with Gasteiger partial charge in [-0.15, -0.1) is 0 Å². The number of carboxylic acid groups (broad SMARTS) is 1. The molecular formula is C10H10BrFO2. The van der Waals surface area contributed by atoms with E-state index in [0.29, 0.717) is 22.0 Å². The summed E-state index contributed by atoms with van der Waals surface area (Å²) in [4.78, 5) is 10.5. The highest BCUT2D eigenvalue weighted by Crippen LogP contribution is 2.22. The fourth-order valence-corrected chi connectivity index (χ4v) is 1.79. The van der Waals surface area contributed by atoms with Gasteiger partial charge in [0, 0.05) is 0 Å². The largest absolute Gasteiger partial charge is 0.481 e. The summed E-state index contributed by atoms with van der Waals surface area (Å²) in [6.45, 7) is 1.83. The normalized spacial score (nSPS) is 10.2. The number of carboxylic acids is 1. The van der Waals surface area contributed by atoms with Crippen molar-refractivity contribution in [3.63, 3.8) is 0 Å². The zero-order chi connectivity index (χ0) is 10.7. The van der Waals surface area contributed by atoms with Crippen molar-refractivity contribution in [2.45, 2.75) is 19.8 Å². The molecular weight excluding hydrogens is 251 g/mol. The standard InChI is InChI=1S/C10H10BrFO2/c1-2-7-3-6(5-9(13)14)4-8(11)10(7)12/h3-4H,2,5H2,1H3,(H,13,14). The second kappa shape index (κ2) is 4.55. The molecule has 1 aromatic rings. The third-order valence-corrected chi connectivity index (χ3v) is 2.48. The number of carbonyl (C=O) groups is 1. The molecule has 0 spiro atoms. The van der Waals surface area contributed by atoms with Crippen LogP contribution >= 0.6 is 15.9 Å². The fraction of sp³-hybridized carbons (Fsp3) is 0.300. The first-order valence-corrected chi connectivity index (χ1v) is 5.02. The second-order valence-corrected chi connectivity index (χ2v) is 3.83. The maximum Gasteiger partial charge on any atom is 0.307 e. The summed E-state index contributed by atoms with van der Waals surface area (Å²) < 4.78 is 13.7. The van der Waals surface area contributed by atoms with Crippen LogP contribution in [0.1, 0.15) is 18.1 Å². The van der Waals surface area contributed by atoms with Crippen molar-refractivity contribution >= 4 is 21.9 Å². The summed E-state index contributed by atoms with van der Waals surface area (Å²) in [5.41, 5.74) is 1.15. The average Bonchev–Trinajstić information content (AvgIpc) is 2.10. The molecule has 0 aromatic heterocycles. The molecule has 1 aromatic carbocycles. The third-order valence-electron chi connectivity index (χ3n) is 1.90. The van der Waals surface area contributed by atoms with Crippen LogP contribution < -0.4 is 0 Å². The molecule has 0 aliphatic rings. The first-order chi connectivity index (χ1) is 6.54. The quantitative estimate of drug-likeness (QED) is 0.908. The van der Waals surface area contributed by atoms with Gasteiger partial charge in [0.05, 0.1) is 10.9 Å². The van der Waals surface area contributed by atoms with E-state index in [1.54, 1.807) is 6.07 Å². The van der Waals surface area contributed by atoms with E-state index in [0.717, 1.165) is 0 Å². The van der Waals surface area contributed by atoms with Crippen LogP contribution in [0.5, 0.6) is 0 Å². The second-order valence-electron chi connectivity index (χ2n) is 2.97. The van der Waals surface area contributed by atoms with E-state index in [2.05, 4.69) is 15.9 Å². The summed E-state index contributed by atoms with van der Waals surface area (Å²) in [7, 11) is 0. The Balaban J connectivity index is 3.09. The molecule has 0 fully saturated rings. The predicted octanol–water partition coefficient (Wildman–Crippen LogP) is 2.78. The molecule has 14 heavy (non-hydrogen) atoms. The van der Waals surface area contributed by atoms with E-state index in [4.69, 9.17) is 5.11 Å². The van der Waals surface area contributed by atoms with Crippen LogP contribution in [0.4, 0.5) is 4.39 Å². The van der Waals surface area contributed by atoms with Gasteiger partial charge in [-0.05, 0) is 39.5 Å². The van der Waals surface area contributed by atoms with Gasteiger partial charge >= 0.3 is 5.97 Å². The Bertz CT molecular complexity index is 363. The molecule has 1 N–H and O–H groups in total. The Labute approximate surface area is 89.9 Å². The zero-order valence-electron chi connectivity index (χ0n) is 7.68. The maximum absolute atomic E-state index is 13.3. The number of hydrogen-bond donors (Lipinski definition) is 1. The number of aliphatic carboxylic acids is 1. The summed E-state index contributed by atoms with van der Waals surface area (Å²) in [5.74, 6) is -1.22. The minimum atomic E-state index is -0.912. The van der Waals surface area contributed by atoms with Gasteiger partial charge in [-0.2, -0.15) is 0 Å². The Morgan fingerprint density at radius 2 is 2.21 bits per heavy atom. The summed E-state index contributed by atoms with van der Waals surface area (Å²) in [6, 6.07) is 3.09. The van der Waals surface area contributed by atoms with E-state index >= 15 is 0 Å². The summed E-state index contributed by atoms with van der Waals surface area (Å²) in [6.07, 6.45) is 0.476. The molecule has 76 valence electrons. The Morgan fingerprint density at radius 1 is 1.57 bits per heavy atom. The van der Waals surface area contributed by atoms with Gasteiger partial charge in [-0.1, -0.05) is 13.0 Å². The van der Waals surface area contributed by atoms with E-state index in [9.17, 15) is 9.18 Å². The highest BCUT2D eigenvalue weighted by atomic mass is 79.9. The molecule has 4 heteroatoms. The van der Waals surface area contributed by atoms with Crippen molar-refractivity contribution in [1.29, 1.82) is 0 Å². The van der Waals surface area contributed by atoms with Gasteiger partial charge in [0.25, 0.3) is 0 Å². The molecule has 0 saturated carbocycles. The lowest BCUT2D eigenvalue weighted by atomic mass is 10.1. The minimum absolute atomic E-state index is 0.0775. The number of rotatable bonds is 3. The van der Waals surface area contributed by atoms with E-state index in [1.807, 2.05) is 6.92 Å². The number of hydrogen-bond acceptors (Lipinski definition) is 1. The maximum atomic E-state index is 13.3. The highest BCUT2D eigenvalue weighted by Gasteiger charge is 2.09. The molecule has 1 rings (SSSR count). The van der Waals surface area contributed by atoms with Crippen molar-refractivity contribution < 1.29 is 14.3 Å². The lowest BCUT2D eigenvalue weighted by Gasteiger charge is -2.05. The van der Waals surface area contributed by atoms with Crippen molar-refractivity contribution in [2.75, 3.05) is 0 Å². The van der Waals surface area contributed by atoms with Crippen LogP contribution in [-0.2, 0) is 17.6 Å². The van der Waals surface area contributed by atoms with E-state index in [1.165, 1.54) is 6.07 Å².